The van der Waals surface area contributed by atoms with Crippen molar-refractivity contribution in [3.8, 4) is 0 Å². The first kappa shape index (κ1) is 33.4. The number of carbonyl (C=O) groups is 2. The molecule has 1 heterocycles. The van der Waals surface area contributed by atoms with E-state index < -0.39 is 0 Å². The van der Waals surface area contributed by atoms with E-state index in [1.54, 1.807) is 4.90 Å². The van der Waals surface area contributed by atoms with Gasteiger partial charge in [0.05, 0.1) is 0 Å². The molecule has 214 valence electrons. The molecule has 1 aliphatic heterocycles. The molecule has 0 bridgehead atoms. The van der Waals surface area contributed by atoms with Crippen LogP contribution in [0, 0.1) is 10.8 Å². The quantitative estimate of drug-likeness (QED) is 0.0835. The SMILES string of the molecule is C=CC(CC)(CCCCCO)CCCCOCCCCC(C=C)(CC)CCCN1C(=O)CN(CC)C1=O. The Morgan fingerprint density at radius 1 is 0.811 bits per heavy atom. The van der Waals surface area contributed by atoms with Gasteiger partial charge in [0.1, 0.15) is 6.54 Å². The number of aliphatic hydroxyl groups excluding tert-OH is 1. The molecule has 1 saturated heterocycles. The maximum atomic E-state index is 12.3. The lowest BCUT2D eigenvalue weighted by molar-refractivity contribution is -0.125. The molecule has 2 unspecified atom stereocenters. The van der Waals surface area contributed by atoms with E-state index in [1.807, 2.05) is 6.92 Å². The Balaban J connectivity index is 2.24. The van der Waals surface area contributed by atoms with E-state index in [2.05, 4.69) is 39.2 Å². The van der Waals surface area contributed by atoms with E-state index in [0.29, 0.717) is 19.7 Å². The number of nitrogens with zero attached hydrogens (tertiary/aromatic N) is 2. The van der Waals surface area contributed by atoms with E-state index in [0.717, 1.165) is 96.7 Å². The summed E-state index contributed by atoms with van der Waals surface area (Å²) in [6.45, 7) is 17.8. The van der Waals surface area contributed by atoms with Crippen molar-refractivity contribution in [3.63, 3.8) is 0 Å². The highest BCUT2D eigenvalue weighted by molar-refractivity contribution is 6.01. The maximum Gasteiger partial charge on any atom is 0.327 e. The zero-order valence-electron chi connectivity index (χ0n) is 24.3. The molecule has 6 nitrogen and oxygen atoms in total. The lowest BCUT2D eigenvalue weighted by Crippen LogP contribution is -2.34. The number of unbranched alkanes of at least 4 members (excludes halogenated alkanes) is 4. The van der Waals surface area contributed by atoms with Crippen LogP contribution in [0.15, 0.2) is 25.3 Å². The highest BCUT2D eigenvalue weighted by Crippen LogP contribution is 2.37. The van der Waals surface area contributed by atoms with Crippen LogP contribution in [0.1, 0.15) is 111 Å². The summed E-state index contributed by atoms with van der Waals surface area (Å²) in [5, 5.41) is 8.99. The normalized spacial score (nSPS) is 17.2. The Morgan fingerprint density at radius 3 is 1.76 bits per heavy atom. The lowest BCUT2D eigenvalue weighted by atomic mass is 9.76. The smallest absolute Gasteiger partial charge is 0.327 e. The molecule has 1 rings (SSSR count). The average molecular weight is 521 g/mol. The Morgan fingerprint density at radius 2 is 1.32 bits per heavy atom. The third-order valence-electron chi connectivity index (χ3n) is 8.60. The van der Waals surface area contributed by atoms with Crippen LogP contribution in [0.4, 0.5) is 4.79 Å². The summed E-state index contributed by atoms with van der Waals surface area (Å²) in [4.78, 5) is 27.5. The molecule has 0 aromatic heterocycles. The predicted molar refractivity (Wildman–Crippen MR) is 154 cm³/mol. The summed E-state index contributed by atoms with van der Waals surface area (Å²) in [5.74, 6) is -0.0763. The topological polar surface area (TPSA) is 70.1 Å². The molecular weight excluding hydrogens is 464 g/mol. The van der Waals surface area contributed by atoms with Gasteiger partial charge in [0.2, 0.25) is 5.91 Å². The monoisotopic (exact) mass is 520 g/mol. The molecular formula is C31H56N2O4. The number of carbonyl (C=O) groups excluding carboxylic acids is 2. The summed E-state index contributed by atoms with van der Waals surface area (Å²) in [6.07, 6.45) is 19.1. The van der Waals surface area contributed by atoms with Gasteiger partial charge in [-0.3, -0.25) is 9.69 Å². The summed E-state index contributed by atoms with van der Waals surface area (Å²) >= 11 is 0. The van der Waals surface area contributed by atoms with Crippen molar-refractivity contribution >= 4 is 11.9 Å². The molecule has 0 saturated carbocycles. The van der Waals surface area contributed by atoms with E-state index >= 15 is 0 Å². The third kappa shape index (κ3) is 11.3. The molecule has 3 amide bonds. The van der Waals surface area contributed by atoms with E-state index in [1.165, 1.54) is 11.3 Å². The van der Waals surface area contributed by atoms with Crippen LogP contribution in [0.5, 0.6) is 0 Å². The second-order valence-electron chi connectivity index (χ2n) is 10.8. The van der Waals surface area contributed by atoms with Crippen molar-refractivity contribution in [2.45, 2.75) is 111 Å². The van der Waals surface area contributed by atoms with Crippen molar-refractivity contribution in [2.24, 2.45) is 10.8 Å². The number of amides is 3. The fraction of sp³-hybridized carbons (Fsp3) is 0.806. The van der Waals surface area contributed by atoms with Crippen LogP contribution in [0.3, 0.4) is 0 Å². The van der Waals surface area contributed by atoms with Crippen LogP contribution >= 0.6 is 0 Å². The van der Waals surface area contributed by atoms with Gasteiger partial charge in [0.25, 0.3) is 0 Å². The minimum Gasteiger partial charge on any atom is -0.396 e. The number of rotatable bonds is 24. The number of likely N-dealkylation sites (N-methyl/N-ethyl adjacent to an activating group) is 1. The molecule has 6 heteroatoms. The van der Waals surface area contributed by atoms with Gasteiger partial charge in [0, 0.05) is 32.9 Å². The Hall–Kier alpha value is -1.66. The molecule has 2 atom stereocenters. The molecule has 37 heavy (non-hydrogen) atoms. The summed E-state index contributed by atoms with van der Waals surface area (Å²) in [5.41, 5.74) is 0.288. The molecule has 1 N–H and O–H groups in total. The lowest BCUT2D eigenvalue weighted by Gasteiger charge is -2.30. The van der Waals surface area contributed by atoms with Gasteiger partial charge in [-0.2, -0.15) is 0 Å². The van der Waals surface area contributed by atoms with Gasteiger partial charge in [-0.25, -0.2) is 4.79 Å². The van der Waals surface area contributed by atoms with Crippen LogP contribution in [0.2, 0.25) is 0 Å². The first-order chi connectivity index (χ1) is 17.9. The van der Waals surface area contributed by atoms with Gasteiger partial charge in [-0.15, -0.1) is 13.2 Å². The predicted octanol–water partition coefficient (Wildman–Crippen LogP) is 7.13. The van der Waals surface area contributed by atoms with Gasteiger partial charge in [0.15, 0.2) is 0 Å². The van der Waals surface area contributed by atoms with E-state index in [4.69, 9.17) is 9.84 Å². The van der Waals surface area contributed by atoms with Crippen molar-refractivity contribution in [2.75, 3.05) is 39.5 Å². The van der Waals surface area contributed by atoms with Crippen molar-refractivity contribution in [3.05, 3.63) is 25.3 Å². The minimum absolute atomic E-state index is 0.0572. The number of hydrogen-bond donors (Lipinski definition) is 1. The highest BCUT2D eigenvalue weighted by atomic mass is 16.5. The molecule has 0 spiro atoms. The van der Waals surface area contributed by atoms with Crippen molar-refractivity contribution in [1.82, 2.24) is 9.80 Å². The summed E-state index contributed by atoms with van der Waals surface area (Å²) in [7, 11) is 0. The average Bonchev–Trinajstić information content (AvgIpc) is 3.20. The van der Waals surface area contributed by atoms with Gasteiger partial charge in [-0.1, -0.05) is 51.7 Å². The Kier molecular flexibility index (Phi) is 16.7. The van der Waals surface area contributed by atoms with Crippen LogP contribution < -0.4 is 0 Å². The highest BCUT2D eigenvalue weighted by Gasteiger charge is 2.35. The third-order valence-corrected chi connectivity index (χ3v) is 8.60. The number of imide groups is 1. The number of urea groups is 1. The summed E-state index contributed by atoms with van der Waals surface area (Å²) < 4.78 is 5.94. The number of aliphatic hydroxyl groups is 1. The first-order valence-electron chi connectivity index (χ1n) is 14.9. The van der Waals surface area contributed by atoms with Crippen molar-refractivity contribution < 1.29 is 19.4 Å². The van der Waals surface area contributed by atoms with Gasteiger partial charge >= 0.3 is 6.03 Å². The first-order valence-corrected chi connectivity index (χ1v) is 14.9. The fourth-order valence-corrected chi connectivity index (χ4v) is 5.53. The summed E-state index contributed by atoms with van der Waals surface area (Å²) in [6, 6.07) is -0.145. The number of hydrogen-bond acceptors (Lipinski definition) is 4. The maximum absolute atomic E-state index is 12.3. The standard InChI is InChI=1S/C31H56N2O4/c1-6-30(7-2,19-12-11-15-24-34)20-13-16-25-37-26-17-14-21-31(8-3,9-4)22-18-23-33-28(35)27-32(10-5)29(33)36/h6,8,34H,1,3,7,9-27H2,2,4-5H3. The Labute approximate surface area is 227 Å². The van der Waals surface area contributed by atoms with Crippen LogP contribution in [0.25, 0.3) is 0 Å². The Bertz CT molecular complexity index is 682. The van der Waals surface area contributed by atoms with E-state index in [9.17, 15) is 9.59 Å². The molecule has 0 aromatic carbocycles. The second-order valence-corrected chi connectivity index (χ2v) is 10.8. The zero-order valence-corrected chi connectivity index (χ0v) is 24.3. The van der Waals surface area contributed by atoms with E-state index in [-0.39, 0.29) is 29.3 Å². The number of allylic oxidation sites excluding steroid dienone is 2. The molecule has 0 aliphatic carbocycles. The fourth-order valence-electron chi connectivity index (χ4n) is 5.53. The molecule has 1 aliphatic rings. The molecule has 0 radical (unpaired) electrons. The van der Waals surface area contributed by atoms with Crippen molar-refractivity contribution in [1.29, 1.82) is 0 Å². The van der Waals surface area contributed by atoms with Gasteiger partial charge < -0.3 is 14.7 Å². The van der Waals surface area contributed by atoms with Gasteiger partial charge in [-0.05, 0) is 82.0 Å². The van der Waals surface area contributed by atoms with Crippen LogP contribution in [-0.2, 0) is 9.53 Å². The largest absolute Gasteiger partial charge is 0.396 e. The number of ether oxygens (including phenoxy) is 1. The second kappa shape index (κ2) is 18.6. The zero-order chi connectivity index (χ0) is 27.6. The molecule has 1 fully saturated rings. The van der Waals surface area contributed by atoms with Crippen LogP contribution in [-0.4, -0.2) is 66.3 Å². The minimum atomic E-state index is -0.145. The molecule has 0 aromatic rings.